The van der Waals surface area contributed by atoms with Crippen molar-refractivity contribution in [1.82, 2.24) is 29.2 Å². The number of carbonyl (C=O) groups is 1. The minimum Gasteiger partial charge on any atom is -0.384 e. The van der Waals surface area contributed by atoms with Crippen molar-refractivity contribution in [3.05, 3.63) is 48.0 Å². The van der Waals surface area contributed by atoms with Gasteiger partial charge in [0.1, 0.15) is 17.4 Å². The molecule has 4 N–H and O–H groups in total. The van der Waals surface area contributed by atoms with Gasteiger partial charge in [-0.1, -0.05) is 0 Å². The van der Waals surface area contributed by atoms with E-state index in [4.69, 9.17) is 20.9 Å². The fourth-order valence-corrected chi connectivity index (χ4v) is 5.38. The van der Waals surface area contributed by atoms with Crippen LogP contribution in [-0.4, -0.2) is 54.0 Å². The number of anilines is 2. The van der Waals surface area contributed by atoms with E-state index >= 15 is 0 Å². The zero-order chi connectivity index (χ0) is 24.0. The number of nitrogen functional groups attached to an aromatic ring is 2. The quantitative estimate of drug-likeness (QED) is 0.445. The molecule has 5 heterocycles. The standard InChI is InChI=1S/C13H16N4O2.C11H12N4O/c14-11-7-10(16-12-2-4-15-17(11)12)9-1-3-13(8-9)18-5-6-19-13;12-10-6-9(7-1-2-8(16)5-7)14-11-3-4-13-15(10)11/h2,4,7,9H,1,3,5-6,8,14H2;3-4,6-7H,1-2,5,12H2. The number of ketones is 1. The molecular formula is C24H28N8O3. The molecule has 4 aromatic heterocycles. The minimum atomic E-state index is -0.368. The molecule has 2 atom stereocenters. The summed E-state index contributed by atoms with van der Waals surface area (Å²) in [6, 6.07) is 7.42. The fourth-order valence-electron chi connectivity index (χ4n) is 5.38. The Labute approximate surface area is 201 Å². The molecule has 3 fully saturated rings. The summed E-state index contributed by atoms with van der Waals surface area (Å²) in [6.07, 6.45) is 8.34. The summed E-state index contributed by atoms with van der Waals surface area (Å²) < 4.78 is 14.8. The summed E-state index contributed by atoms with van der Waals surface area (Å²) >= 11 is 0. The van der Waals surface area contributed by atoms with Crippen LogP contribution in [0.4, 0.5) is 11.6 Å². The van der Waals surface area contributed by atoms with E-state index in [0.717, 1.165) is 48.4 Å². The molecule has 182 valence electrons. The summed E-state index contributed by atoms with van der Waals surface area (Å²) in [6.45, 7) is 1.40. The molecular weight excluding hydrogens is 448 g/mol. The van der Waals surface area contributed by atoms with E-state index < -0.39 is 0 Å². The van der Waals surface area contributed by atoms with Crippen molar-refractivity contribution in [3.63, 3.8) is 0 Å². The van der Waals surface area contributed by atoms with E-state index in [1.807, 2.05) is 24.3 Å². The van der Waals surface area contributed by atoms with Crippen molar-refractivity contribution in [3.8, 4) is 0 Å². The lowest BCUT2D eigenvalue weighted by atomic mass is 10.0. The lowest BCUT2D eigenvalue weighted by Crippen LogP contribution is -2.25. The molecule has 2 unspecified atom stereocenters. The van der Waals surface area contributed by atoms with Crippen molar-refractivity contribution in [2.24, 2.45) is 0 Å². The molecule has 3 aliphatic rings. The van der Waals surface area contributed by atoms with Crippen LogP contribution in [0.1, 0.15) is 61.7 Å². The molecule has 0 radical (unpaired) electrons. The summed E-state index contributed by atoms with van der Waals surface area (Å²) in [7, 11) is 0. The van der Waals surface area contributed by atoms with Crippen molar-refractivity contribution in [2.45, 2.75) is 56.1 Å². The molecule has 35 heavy (non-hydrogen) atoms. The van der Waals surface area contributed by atoms with Crippen LogP contribution >= 0.6 is 0 Å². The molecule has 4 aromatic rings. The summed E-state index contributed by atoms with van der Waals surface area (Å²) in [5, 5.41) is 8.20. The van der Waals surface area contributed by atoms with Crippen LogP contribution in [0.2, 0.25) is 0 Å². The van der Waals surface area contributed by atoms with Gasteiger partial charge in [-0.25, -0.2) is 9.97 Å². The molecule has 0 amide bonds. The first-order valence-corrected chi connectivity index (χ1v) is 12.0. The Morgan fingerprint density at radius 2 is 1.49 bits per heavy atom. The van der Waals surface area contributed by atoms with Crippen LogP contribution in [0.3, 0.4) is 0 Å². The van der Waals surface area contributed by atoms with Crippen molar-refractivity contribution in [1.29, 1.82) is 0 Å². The van der Waals surface area contributed by atoms with Crippen molar-refractivity contribution in [2.75, 3.05) is 24.7 Å². The van der Waals surface area contributed by atoms with Gasteiger partial charge in [-0.3, -0.25) is 4.79 Å². The maximum Gasteiger partial charge on any atom is 0.169 e. The number of rotatable bonds is 2. The molecule has 11 heteroatoms. The summed E-state index contributed by atoms with van der Waals surface area (Å²) in [5.74, 6) is 1.73. The zero-order valence-corrected chi connectivity index (χ0v) is 19.3. The Kier molecular flexibility index (Phi) is 5.37. The lowest BCUT2D eigenvalue weighted by Gasteiger charge is -2.21. The Morgan fingerprint density at radius 1 is 0.886 bits per heavy atom. The second kappa shape index (κ2) is 8.58. The van der Waals surface area contributed by atoms with Gasteiger partial charge in [-0.2, -0.15) is 19.2 Å². The Balaban J connectivity index is 0.000000133. The molecule has 7 rings (SSSR count). The lowest BCUT2D eigenvalue weighted by molar-refractivity contribution is -0.151. The normalized spacial score (nSPS) is 23.4. The number of ether oxygens (including phenoxy) is 2. The average Bonchev–Trinajstić information content (AvgIpc) is 3.67. The predicted molar refractivity (Wildman–Crippen MR) is 128 cm³/mol. The smallest absolute Gasteiger partial charge is 0.169 e. The maximum atomic E-state index is 11.2. The summed E-state index contributed by atoms with van der Waals surface area (Å²) in [5.41, 5.74) is 15.4. The Morgan fingerprint density at radius 3 is 2.06 bits per heavy atom. The molecule has 1 spiro atoms. The number of fused-ring (bicyclic) bond motifs is 2. The topological polar surface area (TPSA) is 148 Å². The van der Waals surface area contributed by atoms with Gasteiger partial charge >= 0.3 is 0 Å². The predicted octanol–water partition coefficient (Wildman–Crippen LogP) is 2.47. The van der Waals surface area contributed by atoms with Crippen LogP contribution in [-0.2, 0) is 14.3 Å². The number of hydrogen-bond donors (Lipinski definition) is 2. The molecule has 2 saturated carbocycles. The second-order valence-corrected chi connectivity index (χ2v) is 9.44. The third-order valence-electron chi connectivity index (χ3n) is 7.14. The molecule has 0 bridgehead atoms. The highest BCUT2D eigenvalue weighted by molar-refractivity contribution is 5.81. The zero-order valence-electron chi connectivity index (χ0n) is 19.3. The average molecular weight is 477 g/mol. The summed E-state index contributed by atoms with van der Waals surface area (Å²) in [4.78, 5) is 20.4. The number of nitrogens with zero attached hydrogens (tertiary/aromatic N) is 6. The van der Waals surface area contributed by atoms with Crippen LogP contribution in [0.15, 0.2) is 36.7 Å². The van der Waals surface area contributed by atoms with Crippen molar-refractivity contribution < 1.29 is 14.3 Å². The number of Topliss-reactive ketones (excluding diaryl/α,β-unsaturated/α-hetero) is 1. The number of carbonyl (C=O) groups excluding carboxylic acids is 1. The fraction of sp³-hybridized carbons (Fsp3) is 0.458. The van der Waals surface area contributed by atoms with Crippen LogP contribution in [0.25, 0.3) is 11.3 Å². The second-order valence-electron chi connectivity index (χ2n) is 9.44. The van der Waals surface area contributed by atoms with Crippen molar-refractivity contribution >= 4 is 28.7 Å². The van der Waals surface area contributed by atoms with E-state index in [1.165, 1.54) is 0 Å². The molecule has 11 nitrogen and oxygen atoms in total. The van der Waals surface area contributed by atoms with Gasteiger partial charge in [0.2, 0.25) is 0 Å². The van der Waals surface area contributed by atoms with E-state index in [0.29, 0.717) is 49.4 Å². The first kappa shape index (κ1) is 21.9. The third kappa shape index (κ3) is 4.10. The van der Waals surface area contributed by atoms with Crippen LogP contribution < -0.4 is 11.5 Å². The Hall–Kier alpha value is -3.57. The molecule has 1 saturated heterocycles. The van der Waals surface area contributed by atoms with E-state index in [-0.39, 0.29) is 11.7 Å². The first-order chi connectivity index (χ1) is 17.0. The number of nitrogens with two attached hydrogens (primary N) is 2. The number of aromatic nitrogens is 6. The first-order valence-electron chi connectivity index (χ1n) is 12.0. The highest BCUT2D eigenvalue weighted by atomic mass is 16.7. The monoisotopic (exact) mass is 476 g/mol. The van der Waals surface area contributed by atoms with E-state index in [1.54, 1.807) is 21.4 Å². The highest BCUT2D eigenvalue weighted by Gasteiger charge is 2.45. The third-order valence-corrected chi connectivity index (χ3v) is 7.14. The van der Waals surface area contributed by atoms with Gasteiger partial charge in [0.05, 0.1) is 31.3 Å². The molecule has 1 aliphatic heterocycles. The molecule has 0 aromatic carbocycles. The van der Waals surface area contributed by atoms with Gasteiger partial charge in [-0.15, -0.1) is 0 Å². The highest BCUT2D eigenvalue weighted by Crippen LogP contribution is 2.45. The van der Waals surface area contributed by atoms with E-state index in [9.17, 15) is 4.79 Å². The minimum absolute atomic E-state index is 0.231. The molecule has 2 aliphatic carbocycles. The van der Waals surface area contributed by atoms with Gasteiger partial charge in [0.15, 0.2) is 17.1 Å². The van der Waals surface area contributed by atoms with Gasteiger partial charge in [0.25, 0.3) is 0 Å². The van der Waals surface area contributed by atoms with Crippen LogP contribution in [0.5, 0.6) is 0 Å². The largest absolute Gasteiger partial charge is 0.384 e. The van der Waals surface area contributed by atoms with Crippen LogP contribution in [0, 0.1) is 0 Å². The SMILES string of the molecule is Nc1cc(C2CCC(=O)C2)nc2ccnn12.Nc1cc(C2CCC3(C2)OCCO3)nc2ccnn12. The van der Waals surface area contributed by atoms with E-state index in [2.05, 4.69) is 20.2 Å². The van der Waals surface area contributed by atoms with Gasteiger partial charge < -0.3 is 20.9 Å². The number of hydrogen-bond acceptors (Lipinski definition) is 9. The van der Waals surface area contributed by atoms with Gasteiger partial charge in [0, 0.05) is 67.5 Å². The van der Waals surface area contributed by atoms with Gasteiger partial charge in [-0.05, 0) is 12.8 Å². The maximum absolute atomic E-state index is 11.2. The Bertz CT molecular complexity index is 1390.